The SMILES string of the molecule is CC(C)C(C)(C)C(C#N)=S(=O)=O. The monoisotopic (exact) mass is 187 g/mol. The van der Waals surface area contributed by atoms with Gasteiger partial charge in [-0.3, -0.25) is 0 Å². The summed E-state index contributed by atoms with van der Waals surface area (Å²) in [6, 6.07) is 1.73. The zero-order valence-corrected chi connectivity index (χ0v) is 8.57. The van der Waals surface area contributed by atoms with Gasteiger partial charge in [0.15, 0.2) is 4.86 Å². The molecule has 0 aliphatic carbocycles. The van der Waals surface area contributed by atoms with Crippen LogP contribution in [0.25, 0.3) is 0 Å². The Morgan fingerprint density at radius 2 is 1.83 bits per heavy atom. The Morgan fingerprint density at radius 3 is 1.92 bits per heavy atom. The van der Waals surface area contributed by atoms with Crippen LogP contribution in [-0.2, 0) is 10.3 Å². The first-order chi connectivity index (χ1) is 5.34. The molecule has 12 heavy (non-hydrogen) atoms. The van der Waals surface area contributed by atoms with E-state index in [1.165, 1.54) is 0 Å². The summed E-state index contributed by atoms with van der Waals surface area (Å²) in [5, 5.41) is 8.60. The summed E-state index contributed by atoms with van der Waals surface area (Å²) < 4.78 is 21.2. The zero-order chi connectivity index (χ0) is 9.94. The molecular weight excluding hydrogens is 174 g/mol. The van der Waals surface area contributed by atoms with Crippen LogP contribution in [0.5, 0.6) is 0 Å². The summed E-state index contributed by atoms with van der Waals surface area (Å²) in [7, 11) is -2.39. The summed E-state index contributed by atoms with van der Waals surface area (Å²) in [4.78, 5) is -0.0718. The minimum Gasteiger partial charge on any atom is -0.192 e. The van der Waals surface area contributed by atoms with E-state index < -0.39 is 15.7 Å². The average Bonchev–Trinajstić information content (AvgIpc) is 1.86. The minimum atomic E-state index is -2.39. The van der Waals surface area contributed by atoms with Gasteiger partial charge < -0.3 is 0 Å². The van der Waals surface area contributed by atoms with Crippen LogP contribution in [-0.4, -0.2) is 13.3 Å². The molecule has 4 heteroatoms. The molecule has 0 atom stereocenters. The first-order valence-corrected chi connectivity index (χ1v) is 4.78. The number of nitriles is 1. The summed E-state index contributed by atoms with van der Waals surface area (Å²) in [5.41, 5.74) is -0.568. The standard InChI is InChI=1S/C8H13NO2S/c1-6(2)8(3,4)7(5-9)12(10)11/h6H,1-4H3. The number of nitrogens with zero attached hydrogens (tertiary/aromatic N) is 1. The lowest BCUT2D eigenvalue weighted by Crippen LogP contribution is -2.29. The van der Waals surface area contributed by atoms with Gasteiger partial charge in [0.25, 0.3) is 0 Å². The van der Waals surface area contributed by atoms with Crippen molar-refractivity contribution in [1.29, 1.82) is 5.26 Å². The van der Waals surface area contributed by atoms with Gasteiger partial charge in [0, 0.05) is 5.41 Å². The largest absolute Gasteiger partial charge is 0.228 e. The van der Waals surface area contributed by atoms with E-state index in [2.05, 4.69) is 0 Å². The predicted octanol–water partition coefficient (Wildman–Crippen LogP) is 1.24. The summed E-state index contributed by atoms with van der Waals surface area (Å²) in [6.45, 7) is 7.30. The van der Waals surface area contributed by atoms with Crippen molar-refractivity contribution in [3.63, 3.8) is 0 Å². The van der Waals surface area contributed by atoms with Crippen molar-refractivity contribution < 1.29 is 8.42 Å². The van der Waals surface area contributed by atoms with Gasteiger partial charge in [-0.2, -0.15) is 13.7 Å². The van der Waals surface area contributed by atoms with Gasteiger partial charge in [0.1, 0.15) is 6.07 Å². The van der Waals surface area contributed by atoms with Gasteiger partial charge in [0.2, 0.25) is 10.3 Å². The van der Waals surface area contributed by atoms with Gasteiger partial charge >= 0.3 is 0 Å². The van der Waals surface area contributed by atoms with Crippen molar-refractivity contribution in [2.24, 2.45) is 11.3 Å². The Labute approximate surface area is 74.5 Å². The van der Waals surface area contributed by atoms with Crippen LogP contribution in [0.4, 0.5) is 0 Å². The van der Waals surface area contributed by atoms with E-state index in [9.17, 15) is 8.42 Å². The maximum atomic E-state index is 10.6. The van der Waals surface area contributed by atoms with Crippen molar-refractivity contribution in [2.75, 3.05) is 0 Å². The van der Waals surface area contributed by atoms with Crippen LogP contribution in [0.15, 0.2) is 0 Å². The fraction of sp³-hybridized carbons (Fsp3) is 0.750. The second-order valence-corrected chi connectivity index (χ2v) is 4.43. The van der Waals surface area contributed by atoms with Crippen LogP contribution in [0.1, 0.15) is 27.7 Å². The van der Waals surface area contributed by atoms with E-state index in [0.29, 0.717) is 0 Å². The first kappa shape index (κ1) is 11.2. The molecule has 0 saturated heterocycles. The van der Waals surface area contributed by atoms with Gasteiger partial charge in [-0.1, -0.05) is 27.7 Å². The fourth-order valence-electron chi connectivity index (χ4n) is 0.658. The van der Waals surface area contributed by atoms with Crippen molar-refractivity contribution in [2.45, 2.75) is 27.7 Å². The van der Waals surface area contributed by atoms with Crippen LogP contribution < -0.4 is 0 Å². The third-order valence-electron chi connectivity index (χ3n) is 2.30. The Balaban J connectivity index is 5.34. The van der Waals surface area contributed by atoms with Crippen LogP contribution in [0.3, 0.4) is 0 Å². The van der Waals surface area contributed by atoms with Crippen LogP contribution >= 0.6 is 0 Å². The van der Waals surface area contributed by atoms with Gasteiger partial charge in [0.05, 0.1) is 0 Å². The smallest absolute Gasteiger partial charge is 0.192 e. The number of hydrogen-bond acceptors (Lipinski definition) is 3. The number of rotatable bonds is 2. The maximum Gasteiger partial charge on any atom is 0.228 e. The molecule has 0 aromatic rings. The van der Waals surface area contributed by atoms with Crippen molar-refractivity contribution in [3.8, 4) is 6.07 Å². The molecule has 0 aromatic carbocycles. The van der Waals surface area contributed by atoms with E-state index in [1.54, 1.807) is 19.9 Å². The highest BCUT2D eigenvalue weighted by Gasteiger charge is 2.30. The van der Waals surface area contributed by atoms with Gasteiger partial charge in [-0.15, -0.1) is 0 Å². The molecule has 0 rings (SSSR count). The lowest BCUT2D eigenvalue weighted by atomic mass is 9.79. The molecule has 0 saturated carbocycles. The van der Waals surface area contributed by atoms with Gasteiger partial charge in [-0.05, 0) is 5.92 Å². The minimum absolute atomic E-state index is 0.0718. The molecule has 0 heterocycles. The van der Waals surface area contributed by atoms with E-state index in [-0.39, 0.29) is 10.8 Å². The lowest BCUT2D eigenvalue weighted by molar-refractivity contribution is 0.371. The highest BCUT2D eigenvalue weighted by atomic mass is 32.2. The Hall–Kier alpha value is -0.820. The van der Waals surface area contributed by atoms with E-state index in [4.69, 9.17) is 5.26 Å². The second kappa shape index (κ2) is 3.72. The molecule has 68 valence electrons. The molecular formula is C8H13NO2S. The Bertz CT molecular complexity index is 323. The highest BCUT2D eigenvalue weighted by Crippen LogP contribution is 2.27. The van der Waals surface area contributed by atoms with E-state index in [0.717, 1.165) is 0 Å². The molecule has 3 nitrogen and oxygen atoms in total. The summed E-state index contributed by atoms with van der Waals surface area (Å²) in [5.74, 6) is 0.130. The van der Waals surface area contributed by atoms with Crippen molar-refractivity contribution in [3.05, 3.63) is 0 Å². The highest BCUT2D eigenvalue weighted by molar-refractivity contribution is 7.73. The van der Waals surface area contributed by atoms with Crippen molar-refractivity contribution >= 4 is 15.2 Å². The quantitative estimate of drug-likeness (QED) is 0.611. The molecule has 0 radical (unpaired) electrons. The molecule has 0 aromatic heterocycles. The molecule has 0 bridgehead atoms. The summed E-state index contributed by atoms with van der Waals surface area (Å²) in [6.07, 6.45) is 0. The maximum absolute atomic E-state index is 10.6. The Kier molecular flexibility index (Phi) is 3.47. The van der Waals surface area contributed by atoms with E-state index >= 15 is 0 Å². The average molecular weight is 187 g/mol. The normalized spacial score (nSPS) is 11.0. The fourth-order valence-corrected chi connectivity index (χ4v) is 1.40. The zero-order valence-electron chi connectivity index (χ0n) is 7.75. The molecule has 0 unspecified atom stereocenters. The molecule has 0 aliphatic heterocycles. The molecule has 0 N–H and O–H groups in total. The number of hydrogen-bond donors (Lipinski definition) is 0. The third-order valence-corrected chi connectivity index (χ3v) is 3.25. The lowest BCUT2D eigenvalue weighted by Gasteiger charge is -2.25. The van der Waals surface area contributed by atoms with Crippen molar-refractivity contribution in [1.82, 2.24) is 0 Å². The van der Waals surface area contributed by atoms with Crippen LogP contribution in [0, 0.1) is 22.7 Å². The third kappa shape index (κ3) is 2.08. The molecule has 0 spiro atoms. The topological polar surface area (TPSA) is 57.9 Å². The Morgan fingerprint density at radius 1 is 1.42 bits per heavy atom. The van der Waals surface area contributed by atoms with Gasteiger partial charge in [-0.25, -0.2) is 0 Å². The molecule has 0 fully saturated rings. The molecule has 0 amide bonds. The van der Waals surface area contributed by atoms with E-state index in [1.807, 2.05) is 13.8 Å². The first-order valence-electron chi connectivity index (χ1n) is 3.70. The summed E-state index contributed by atoms with van der Waals surface area (Å²) >= 11 is 0. The molecule has 0 aliphatic rings. The van der Waals surface area contributed by atoms with Crippen LogP contribution in [0.2, 0.25) is 0 Å². The predicted molar refractivity (Wildman–Crippen MR) is 48.2 cm³/mol. The second-order valence-electron chi connectivity index (χ2n) is 3.55.